The highest BCUT2D eigenvalue weighted by Crippen LogP contribution is 2.26. The normalized spacial score (nSPS) is 12.0. The van der Waals surface area contributed by atoms with Crippen LogP contribution >= 0.6 is 23.2 Å². The molecule has 1 heterocycles. The number of aromatic nitrogens is 2. The van der Waals surface area contributed by atoms with Gasteiger partial charge in [0.15, 0.2) is 0 Å². The van der Waals surface area contributed by atoms with E-state index in [-0.39, 0.29) is 17.9 Å². The molecule has 1 atom stereocenters. The molecule has 0 aliphatic rings. The third-order valence-corrected chi connectivity index (χ3v) is 3.16. The lowest BCUT2D eigenvalue weighted by Crippen LogP contribution is -2.16. The summed E-state index contributed by atoms with van der Waals surface area (Å²) in [5.41, 5.74) is 0.845. The SMILES string of the molecule is COc1cccc([C@@H](CO)Nc2nc(Cl)ncc2Cl)c1. The molecular formula is C13H13Cl2N3O2. The largest absolute Gasteiger partial charge is 0.497 e. The maximum atomic E-state index is 9.54. The number of rotatable bonds is 5. The first-order valence-corrected chi connectivity index (χ1v) is 6.59. The number of methoxy groups -OCH3 is 1. The summed E-state index contributed by atoms with van der Waals surface area (Å²) in [6.07, 6.45) is 1.40. The van der Waals surface area contributed by atoms with Crippen molar-refractivity contribution in [2.45, 2.75) is 6.04 Å². The van der Waals surface area contributed by atoms with Crippen molar-refractivity contribution in [1.29, 1.82) is 0 Å². The highest BCUT2D eigenvalue weighted by molar-refractivity contribution is 6.33. The molecule has 106 valence electrons. The van der Waals surface area contributed by atoms with Crippen LogP contribution in [-0.2, 0) is 0 Å². The number of anilines is 1. The van der Waals surface area contributed by atoms with Crippen molar-refractivity contribution in [3.05, 3.63) is 46.3 Å². The van der Waals surface area contributed by atoms with E-state index in [4.69, 9.17) is 27.9 Å². The van der Waals surface area contributed by atoms with Crippen molar-refractivity contribution < 1.29 is 9.84 Å². The molecule has 0 radical (unpaired) electrons. The molecule has 0 amide bonds. The van der Waals surface area contributed by atoms with E-state index in [2.05, 4.69) is 15.3 Å². The topological polar surface area (TPSA) is 67.3 Å². The molecule has 0 spiro atoms. The van der Waals surface area contributed by atoms with Gasteiger partial charge in [-0.2, -0.15) is 4.98 Å². The number of hydrogen-bond acceptors (Lipinski definition) is 5. The van der Waals surface area contributed by atoms with Gasteiger partial charge in [-0.15, -0.1) is 0 Å². The summed E-state index contributed by atoms with van der Waals surface area (Å²) in [5, 5.41) is 13.0. The Morgan fingerprint density at radius 3 is 2.90 bits per heavy atom. The minimum absolute atomic E-state index is 0.0826. The molecule has 0 saturated carbocycles. The first-order chi connectivity index (χ1) is 9.63. The molecule has 1 aromatic carbocycles. The average Bonchev–Trinajstić information content (AvgIpc) is 2.48. The molecule has 7 heteroatoms. The Hall–Kier alpha value is -1.56. The molecule has 0 unspecified atom stereocenters. The average molecular weight is 314 g/mol. The van der Waals surface area contributed by atoms with Crippen molar-refractivity contribution in [3.8, 4) is 5.75 Å². The number of benzene rings is 1. The Morgan fingerprint density at radius 1 is 1.40 bits per heavy atom. The van der Waals surface area contributed by atoms with Crippen LogP contribution in [0.15, 0.2) is 30.5 Å². The standard InChI is InChI=1S/C13H13Cl2N3O2/c1-20-9-4-2-3-8(5-9)11(7-19)17-12-10(14)6-16-13(15)18-12/h2-6,11,19H,7H2,1H3,(H,16,17,18)/t11-/m1/s1. The Balaban J connectivity index is 2.26. The van der Waals surface area contributed by atoms with E-state index in [1.807, 2.05) is 24.3 Å². The first kappa shape index (κ1) is 14.8. The van der Waals surface area contributed by atoms with E-state index in [0.29, 0.717) is 16.6 Å². The zero-order valence-electron chi connectivity index (χ0n) is 10.7. The van der Waals surface area contributed by atoms with E-state index in [1.54, 1.807) is 7.11 Å². The zero-order valence-corrected chi connectivity index (χ0v) is 12.2. The van der Waals surface area contributed by atoms with Gasteiger partial charge in [-0.3, -0.25) is 0 Å². The fourth-order valence-electron chi connectivity index (χ4n) is 1.70. The second kappa shape index (κ2) is 6.74. The molecule has 2 aromatic rings. The molecule has 0 bridgehead atoms. The molecule has 2 N–H and O–H groups in total. The minimum atomic E-state index is -0.381. The number of aliphatic hydroxyl groups excluding tert-OH is 1. The van der Waals surface area contributed by atoms with E-state index < -0.39 is 0 Å². The van der Waals surface area contributed by atoms with Crippen LogP contribution in [0, 0.1) is 0 Å². The van der Waals surface area contributed by atoms with Crippen LogP contribution in [0.3, 0.4) is 0 Å². The van der Waals surface area contributed by atoms with Crippen LogP contribution < -0.4 is 10.1 Å². The van der Waals surface area contributed by atoms with Gasteiger partial charge < -0.3 is 15.2 Å². The molecule has 0 aliphatic heterocycles. The molecule has 0 saturated heterocycles. The summed E-state index contributed by atoms with van der Waals surface area (Å²) < 4.78 is 5.16. The van der Waals surface area contributed by atoms with E-state index in [9.17, 15) is 5.11 Å². The van der Waals surface area contributed by atoms with Crippen molar-refractivity contribution >= 4 is 29.0 Å². The quantitative estimate of drug-likeness (QED) is 0.831. The summed E-state index contributed by atoms with van der Waals surface area (Å²) >= 11 is 11.7. The van der Waals surface area contributed by atoms with E-state index in [1.165, 1.54) is 6.20 Å². The summed E-state index contributed by atoms with van der Waals surface area (Å²) in [5.74, 6) is 1.07. The fourth-order valence-corrected chi connectivity index (χ4v) is 1.98. The lowest BCUT2D eigenvalue weighted by Gasteiger charge is -2.18. The number of ether oxygens (including phenoxy) is 1. The van der Waals surface area contributed by atoms with Crippen molar-refractivity contribution in [2.24, 2.45) is 0 Å². The van der Waals surface area contributed by atoms with Gasteiger partial charge in [-0.25, -0.2) is 4.98 Å². The van der Waals surface area contributed by atoms with Crippen LogP contribution in [0.5, 0.6) is 5.75 Å². The van der Waals surface area contributed by atoms with Gasteiger partial charge in [0, 0.05) is 0 Å². The summed E-state index contributed by atoms with van der Waals surface area (Å²) in [6, 6.07) is 6.98. The Morgan fingerprint density at radius 2 is 2.20 bits per heavy atom. The van der Waals surface area contributed by atoms with Gasteiger partial charge in [0.05, 0.1) is 26.0 Å². The Labute approximate surface area is 126 Å². The molecule has 0 fully saturated rings. The number of nitrogens with zero attached hydrogens (tertiary/aromatic N) is 2. The number of hydrogen-bond donors (Lipinski definition) is 2. The summed E-state index contributed by atoms with van der Waals surface area (Å²) in [7, 11) is 1.58. The van der Waals surface area contributed by atoms with Crippen LogP contribution in [0.2, 0.25) is 10.3 Å². The van der Waals surface area contributed by atoms with Gasteiger partial charge >= 0.3 is 0 Å². The highest BCUT2D eigenvalue weighted by Gasteiger charge is 2.14. The van der Waals surface area contributed by atoms with E-state index in [0.717, 1.165) is 5.56 Å². The maximum Gasteiger partial charge on any atom is 0.224 e. The number of halogens is 2. The second-order valence-corrected chi connectivity index (χ2v) is 4.74. The van der Waals surface area contributed by atoms with Crippen molar-refractivity contribution in [2.75, 3.05) is 19.0 Å². The number of aliphatic hydroxyl groups is 1. The monoisotopic (exact) mass is 313 g/mol. The lowest BCUT2D eigenvalue weighted by molar-refractivity contribution is 0.276. The number of nitrogens with one attached hydrogen (secondary N) is 1. The van der Waals surface area contributed by atoms with Crippen molar-refractivity contribution in [3.63, 3.8) is 0 Å². The van der Waals surface area contributed by atoms with Crippen LogP contribution in [0.4, 0.5) is 5.82 Å². The molecule has 2 rings (SSSR count). The summed E-state index contributed by atoms with van der Waals surface area (Å²) in [6.45, 7) is -0.134. The lowest BCUT2D eigenvalue weighted by atomic mass is 10.1. The third-order valence-electron chi connectivity index (χ3n) is 2.70. The predicted octanol–water partition coefficient (Wildman–Crippen LogP) is 2.94. The van der Waals surface area contributed by atoms with Crippen LogP contribution in [-0.4, -0.2) is 28.8 Å². The first-order valence-electron chi connectivity index (χ1n) is 5.83. The van der Waals surface area contributed by atoms with Gasteiger partial charge in [0.1, 0.15) is 16.6 Å². The highest BCUT2D eigenvalue weighted by atomic mass is 35.5. The molecule has 5 nitrogen and oxygen atoms in total. The van der Waals surface area contributed by atoms with E-state index >= 15 is 0 Å². The third kappa shape index (κ3) is 3.50. The van der Waals surface area contributed by atoms with Gasteiger partial charge in [0.25, 0.3) is 0 Å². The Kier molecular flexibility index (Phi) is 5.00. The van der Waals surface area contributed by atoms with Gasteiger partial charge in [-0.05, 0) is 29.3 Å². The van der Waals surface area contributed by atoms with Crippen LogP contribution in [0.1, 0.15) is 11.6 Å². The zero-order chi connectivity index (χ0) is 14.5. The maximum absolute atomic E-state index is 9.54. The predicted molar refractivity (Wildman–Crippen MR) is 78.5 cm³/mol. The Bertz CT molecular complexity index is 596. The smallest absolute Gasteiger partial charge is 0.224 e. The molecule has 0 aliphatic carbocycles. The summed E-state index contributed by atoms with van der Waals surface area (Å²) in [4.78, 5) is 7.77. The molecular weight excluding hydrogens is 301 g/mol. The van der Waals surface area contributed by atoms with Gasteiger partial charge in [0.2, 0.25) is 5.28 Å². The minimum Gasteiger partial charge on any atom is -0.497 e. The van der Waals surface area contributed by atoms with Crippen molar-refractivity contribution in [1.82, 2.24) is 9.97 Å². The molecule has 20 heavy (non-hydrogen) atoms. The van der Waals surface area contributed by atoms with Gasteiger partial charge in [-0.1, -0.05) is 23.7 Å². The fraction of sp³-hybridized carbons (Fsp3) is 0.231. The molecule has 1 aromatic heterocycles. The second-order valence-electron chi connectivity index (χ2n) is 3.99. The van der Waals surface area contributed by atoms with Crippen LogP contribution in [0.25, 0.3) is 0 Å².